The van der Waals surface area contributed by atoms with E-state index < -0.39 is 0 Å². The molecule has 0 unspecified atom stereocenters. The van der Waals surface area contributed by atoms with Gasteiger partial charge in [-0.25, -0.2) is 4.68 Å². The van der Waals surface area contributed by atoms with Crippen LogP contribution < -0.4 is 5.32 Å². The predicted octanol–water partition coefficient (Wildman–Crippen LogP) is 1.79. The first kappa shape index (κ1) is 15.9. The molecule has 1 amide bonds. The number of hydrogen-bond donors (Lipinski definition) is 1. The number of thioether (sulfide) groups is 1. The minimum Gasteiger partial charge on any atom is -0.325 e. The van der Waals surface area contributed by atoms with Crippen molar-refractivity contribution in [1.29, 1.82) is 0 Å². The Labute approximate surface area is 131 Å². The van der Waals surface area contributed by atoms with Crippen molar-refractivity contribution in [2.45, 2.75) is 18.6 Å². The van der Waals surface area contributed by atoms with Crippen LogP contribution in [0.15, 0.2) is 42.1 Å². The number of allylic oxidation sites excluding steroid dienone is 1. The summed E-state index contributed by atoms with van der Waals surface area (Å²) >= 11 is 1.24. The second-order valence-corrected chi connectivity index (χ2v) is 5.35. The molecule has 0 radical (unpaired) electrons. The Hall–Kier alpha value is -2.48. The van der Waals surface area contributed by atoms with Gasteiger partial charge in [-0.15, -0.1) is 11.7 Å². The number of nitrogens with zero attached hydrogens (tertiary/aromatic N) is 4. The molecule has 1 aromatic carbocycles. The second kappa shape index (κ2) is 7.51. The summed E-state index contributed by atoms with van der Waals surface area (Å²) in [4.78, 5) is 23.1. The van der Waals surface area contributed by atoms with Crippen molar-refractivity contribution < 1.29 is 9.59 Å². The highest BCUT2D eigenvalue weighted by atomic mass is 32.2. The number of carbonyl (C=O) groups is 2. The zero-order valence-corrected chi connectivity index (χ0v) is 12.8. The van der Waals surface area contributed by atoms with Gasteiger partial charge in [0.1, 0.15) is 0 Å². The van der Waals surface area contributed by atoms with E-state index in [2.05, 4.69) is 27.4 Å². The van der Waals surface area contributed by atoms with Gasteiger partial charge in [0.2, 0.25) is 11.1 Å². The maximum absolute atomic E-state index is 11.9. The normalized spacial score (nSPS) is 10.2. The van der Waals surface area contributed by atoms with Crippen LogP contribution in [0.25, 0.3) is 0 Å². The minimum atomic E-state index is -0.172. The van der Waals surface area contributed by atoms with Crippen molar-refractivity contribution in [2.75, 3.05) is 11.1 Å². The molecule has 2 aromatic rings. The lowest BCUT2D eigenvalue weighted by Gasteiger charge is -2.05. The summed E-state index contributed by atoms with van der Waals surface area (Å²) in [6.07, 6.45) is 1.68. The van der Waals surface area contributed by atoms with Gasteiger partial charge in [0.05, 0.1) is 12.3 Å². The summed E-state index contributed by atoms with van der Waals surface area (Å²) in [5.41, 5.74) is 1.25. The molecule has 1 N–H and O–H groups in total. The van der Waals surface area contributed by atoms with Crippen LogP contribution in [-0.4, -0.2) is 37.7 Å². The molecule has 0 atom stereocenters. The van der Waals surface area contributed by atoms with E-state index in [0.29, 0.717) is 23.0 Å². The van der Waals surface area contributed by atoms with E-state index in [0.717, 1.165) is 0 Å². The van der Waals surface area contributed by atoms with Gasteiger partial charge in [0.25, 0.3) is 0 Å². The number of anilines is 1. The van der Waals surface area contributed by atoms with Gasteiger partial charge in [-0.3, -0.25) is 9.59 Å². The topological polar surface area (TPSA) is 89.8 Å². The monoisotopic (exact) mass is 317 g/mol. The molecule has 1 heterocycles. The van der Waals surface area contributed by atoms with Crippen LogP contribution in [0.3, 0.4) is 0 Å². The molecular weight excluding hydrogens is 302 g/mol. The second-order valence-electron chi connectivity index (χ2n) is 4.40. The summed E-state index contributed by atoms with van der Waals surface area (Å²) in [5, 5.41) is 14.5. The first-order valence-electron chi connectivity index (χ1n) is 6.51. The highest BCUT2D eigenvalue weighted by Gasteiger charge is 2.09. The fourth-order valence-corrected chi connectivity index (χ4v) is 2.34. The maximum Gasteiger partial charge on any atom is 0.234 e. The third-order valence-corrected chi connectivity index (χ3v) is 3.67. The van der Waals surface area contributed by atoms with Crippen molar-refractivity contribution >= 4 is 29.1 Å². The third-order valence-electron chi connectivity index (χ3n) is 2.71. The van der Waals surface area contributed by atoms with Gasteiger partial charge in [-0.05, 0) is 41.6 Å². The number of ketones is 1. The molecule has 8 heteroatoms. The van der Waals surface area contributed by atoms with Crippen molar-refractivity contribution in [2.24, 2.45) is 0 Å². The molecule has 0 bridgehead atoms. The van der Waals surface area contributed by atoms with E-state index in [4.69, 9.17) is 0 Å². The Morgan fingerprint density at radius 3 is 2.73 bits per heavy atom. The largest absolute Gasteiger partial charge is 0.325 e. The van der Waals surface area contributed by atoms with Gasteiger partial charge in [0, 0.05) is 11.3 Å². The molecular formula is C14H15N5O2S. The first-order valence-corrected chi connectivity index (χ1v) is 7.49. The van der Waals surface area contributed by atoms with Gasteiger partial charge >= 0.3 is 0 Å². The lowest BCUT2D eigenvalue weighted by atomic mass is 10.1. The van der Waals surface area contributed by atoms with Crippen LogP contribution in [0, 0.1) is 0 Å². The average molecular weight is 317 g/mol. The summed E-state index contributed by atoms with van der Waals surface area (Å²) in [6, 6.07) is 6.74. The molecule has 0 aliphatic carbocycles. The van der Waals surface area contributed by atoms with Crippen molar-refractivity contribution in [1.82, 2.24) is 20.2 Å². The molecule has 1 aromatic heterocycles. The van der Waals surface area contributed by atoms with Crippen molar-refractivity contribution in [3.63, 3.8) is 0 Å². The molecule has 0 spiro atoms. The van der Waals surface area contributed by atoms with Gasteiger partial charge in [-0.2, -0.15) is 0 Å². The fourth-order valence-electron chi connectivity index (χ4n) is 1.65. The van der Waals surface area contributed by atoms with Crippen molar-refractivity contribution in [3.05, 3.63) is 42.5 Å². The third kappa shape index (κ3) is 4.26. The van der Waals surface area contributed by atoms with Crippen LogP contribution in [0.2, 0.25) is 0 Å². The lowest BCUT2D eigenvalue weighted by molar-refractivity contribution is -0.113. The van der Waals surface area contributed by atoms with E-state index in [1.807, 2.05) is 0 Å². The van der Waals surface area contributed by atoms with E-state index >= 15 is 0 Å². The SMILES string of the molecule is C=CCn1nnnc1SCC(=O)Nc1ccc(C(C)=O)cc1. The van der Waals surface area contributed by atoms with E-state index in [1.54, 1.807) is 35.0 Å². The lowest BCUT2D eigenvalue weighted by Crippen LogP contribution is -2.14. The number of aromatic nitrogens is 4. The average Bonchev–Trinajstić information content (AvgIpc) is 2.93. The molecule has 0 aliphatic heterocycles. The Morgan fingerprint density at radius 2 is 2.09 bits per heavy atom. The molecule has 7 nitrogen and oxygen atoms in total. The Bertz CT molecular complexity index is 681. The molecule has 2 rings (SSSR count). The molecule has 22 heavy (non-hydrogen) atoms. The highest BCUT2D eigenvalue weighted by molar-refractivity contribution is 7.99. The molecule has 114 valence electrons. The number of amides is 1. The van der Waals surface area contributed by atoms with Crippen LogP contribution in [0.4, 0.5) is 5.69 Å². The Balaban J connectivity index is 1.88. The first-order chi connectivity index (χ1) is 10.6. The number of rotatable bonds is 7. The molecule has 0 fully saturated rings. The number of tetrazole rings is 1. The Kier molecular flexibility index (Phi) is 5.42. The van der Waals surface area contributed by atoms with Crippen LogP contribution >= 0.6 is 11.8 Å². The number of Topliss-reactive ketones (excluding diaryl/α,β-unsaturated/α-hetero) is 1. The zero-order chi connectivity index (χ0) is 15.9. The summed E-state index contributed by atoms with van der Waals surface area (Å²) < 4.78 is 1.56. The Morgan fingerprint density at radius 1 is 1.36 bits per heavy atom. The summed E-state index contributed by atoms with van der Waals surface area (Å²) in [5.74, 6) is 0.00242. The predicted molar refractivity (Wildman–Crippen MR) is 83.8 cm³/mol. The van der Waals surface area contributed by atoms with E-state index in [1.165, 1.54) is 18.7 Å². The highest BCUT2D eigenvalue weighted by Crippen LogP contribution is 2.15. The number of benzene rings is 1. The number of hydrogen-bond acceptors (Lipinski definition) is 6. The molecule has 0 saturated carbocycles. The van der Waals surface area contributed by atoms with Gasteiger partial charge in [0.15, 0.2) is 5.78 Å². The number of carbonyl (C=O) groups excluding carboxylic acids is 2. The maximum atomic E-state index is 11.9. The van der Waals surface area contributed by atoms with E-state index in [9.17, 15) is 9.59 Å². The zero-order valence-electron chi connectivity index (χ0n) is 12.0. The fraction of sp³-hybridized carbons (Fsp3) is 0.214. The van der Waals surface area contributed by atoms with E-state index in [-0.39, 0.29) is 17.4 Å². The smallest absolute Gasteiger partial charge is 0.234 e. The molecule has 0 aliphatic rings. The molecule has 0 saturated heterocycles. The quantitative estimate of drug-likeness (QED) is 0.476. The summed E-state index contributed by atoms with van der Waals surface area (Å²) in [7, 11) is 0. The minimum absolute atomic E-state index is 0.0116. The summed E-state index contributed by atoms with van der Waals surface area (Å²) in [6.45, 7) is 5.61. The van der Waals surface area contributed by atoms with Crippen LogP contribution in [0.5, 0.6) is 0 Å². The van der Waals surface area contributed by atoms with Gasteiger partial charge in [-0.1, -0.05) is 17.8 Å². The van der Waals surface area contributed by atoms with Crippen LogP contribution in [0.1, 0.15) is 17.3 Å². The van der Waals surface area contributed by atoms with Crippen molar-refractivity contribution in [3.8, 4) is 0 Å². The standard InChI is InChI=1S/C14H15N5O2S/c1-3-8-19-14(16-17-18-19)22-9-13(21)15-12-6-4-11(5-7-12)10(2)20/h3-7H,1,8-9H2,2H3,(H,15,21). The van der Waals surface area contributed by atoms with Crippen LogP contribution in [-0.2, 0) is 11.3 Å². The number of nitrogens with one attached hydrogen (secondary N) is 1. The van der Waals surface area contributed by atoms with Gasteiger partial charge < -0.3 is 5.32 Å².